The molecule has 0 saturated carbocycles. The number of likely N-dealkylation sites (tertiary alicyclic amines) is 1. The number of carbonyl (C=O) groups excluding carboxylic acids is 1. The molecule has 14 heteroatoms. The summed E-state index contributed by atoms with van der Waals surface area (Å²) in [6.07, 6.45) is -2.06. The van der Waals surface area contributed by atoms with E-state index in [0.717, 1.165) is 45.1 Å². The number of nitrogens with zero attached hydrogens (tertiary/aromatic N) is 7. The Morgan fingerprint density at radius 3 is 2.62 bits per heavy atom. The quantitative estimate of drug-likeness (QED) is 0.384. The van der Waals surface area contributed by atoms with Crippen LogP contribution in [0.15, 0.2) is 42.7 Å². The highest BCUT2D eigenvalue weighted by Gasteiger charge is 2.34. The molecule has 3 aromatic rings. The first-order valence-corrected chi connectivity index (χ1v) is 14.9. The number of aromatic nitrogens is 3. The zero-order chi connectivity index (χ0) is 31.5. The molecule has 3 atom stereocenters. The highest BCUT2D eigenvalue weighted by atomic mass is 19.1. The van der Waals surface area contributed by atoms with E-state index in [-0.39, 0.29) is 48.3 Å². The molecule has 3 aliphatic rings. The van der Waals surface area contributed by atoms with Crippen LogP contribution in [-0.4, -0.2) is 113 Å². The molecular formula is C31H34F2N8O4. The van der Waals surface area contributed by atoms with Crippen LogP contribution in [0, 0.1) is 17.1 Å². The standard InChI is InChI=1S/C31H34F2N8O4/c1-19(42)30(43)41-7-6-28(25(33)15-41)45-27-5-2-20(12-21(27)14-34)29-35-18-36-31(38-29)37-26-4-3-22(13-24(26)32)39-8-10-40(11-9-39)23-16-44-17-23/h2-5,12-13,18-19,23,25,28,42H,6-11,15-17H2,1H3,(H,35,36,37,38)/t19-,25-,28-/m0/s1. The van der Waals surface area contributed by atoms with Gasteiger partial charge in [-0.25, -0.2) is 18.7 Å². The summed E-state index contributed by atoms with van der Waals surface area (Å²) in [6, 6.07) is 12.3. The van der Waals surface area contributed by atoms with Crippen molar-refractivity contribution in [2.75, 3.05) is 62.7 Å². The molecular weight excluding hydrogens is 586 g/mol. The van der Waals surface area contributed by atoms with Gasteiger partial charge < -0.3 is 29.7 Å². The molecule has 12 nitrogen and oxygen atoms in total. The lowest BCUT2D eigenvalue weighted by atomic mass is 10.0. The van der Waals surface area contributed by atoms with Crippen LogP contribution in [0.4, 0.5) is 26.1 Å². The number of alkyl halides is 1. The van der Waals surface area contributed by atoms with Gasteiger partial charge >= 0.3 is 0 Å². The number of anilines is 3. The van der Waals surface area contributed by atoms with Crippen molar-refractivity contribution in [1.29, 1.82) is 5.26 Å². The van der Waals surface area contributed by atoms with E-state index < -0.39 is 30.1 Å². The third kappa shape index (κ3) is 6.80. The second kappa shape index (κ2) is 13.3. The Morgan fingerprint density at radius 2 is 1.96 bits per heavy atom. The lowest BCUT2D eigenvalue weighted by Crippen LogP contribution is -2.56. The molecule has 3 fully saturated rings. The zero-order valence-corrected chi connectivity index (χ0v) is 24.8. The monoisotopic (exact) mass is 620 g/mol. The molecule has 0 unspecified atom stereocenters. The fraction of sp³-hybridized carbons (Fsp3) is 0.452. The number of piperidine rings is 1. The van der Waals surface area contributed by atoms with Crippen LogP contribution in [0.1, 0.15) is 18.9 Å². The van der Waals surface area contributed by atoms with Gasteiger partial charge in [0, 0.05) is 50.4 Å². The van der Waals surface area contributed by atoms with Crippen molar-refractivity contribution in [3.63, 3.8) is 0 Å². The Morgan fingerprint density at radius 1 is 1.16 bits per heavy atom. The summed E-state index contributed by atoms with van der Waals surface area (Å²) in [5.41, 5.74) is 1.66. The van der Waals surface area contributed by atoms with Gasteiger partial charge in [-0.3, -0.25) is 9.69 Å². The van der Waals surface area contributed by atoms with Crippen LogP contribution in [0.5, 0.6) is 5.75 Å². The van der Waals surface area contributed by atoms with Crippen molar-refractivity contribution in [1.82, 2.24) is 24.8 Å². The molecule has 3 saturated heterocycles. The van der Waals surface area contributed by atoms with E-state index in [4.69, 9.17) is 9.47 Å². The maximum atomic E-state index is 15.1. The summed E-state index contributed by atoms with van der Waals surface area (Å²) >= 11 is 0. The number of piperazine rings is 1. The van der Waals surface area contributed by atoms with Gasteiger partial charge in [-0.1, -0.05) is 0 Å². The lowest BCUT2D eigenvalue weighted by molar-refractivity contribution is -0.143. The number of ether oxygens (including phenoxy) is 2. The zero-order valence-electron chi connectivity index (χ0n) is 24.8. The third-order valence-electron chi connectivity index (χ3n) is 8.37. The molecule has 2 N–H and O–H groups in total. The average molecular weight is 621 g/mol. The SMILES string of the molecule is C[C@H](O)C(=O)N1CC[C@H](Oc2ccc(-c3ncnc(Nc4ccc(N5CCN(C6COC6)CC5)cc4F)n3)cc2C#N)[C@@H](F)C1. The Labute approximate surface area is 259 Å². The predicted molar refractivity (Wildman–Crippen MR) is 160 cm³/mol. The third-order valence-corrected chi connectivity index (χ3v) is 8.37. The number of halogens is 2. The van der Waals surface area contributed by atoms with Gasteiger partial charge in [-0.15, -0.1) is 0 Å². The molecule has 0 spiro atoms. The van der Waals surface area contributed by atoms with Gasteiger partial charge in [0.2, 0.25) is 5.95 Å². The van der Waals surface area contributed by atoms with E-state index in [0.29, 0.717) is 11.6 Å². The van der Waals surface area contributed by atoms with Crippen LogP contribution < -0.4 is 15.0 Å². The van der Waals surface area contributed by atoms with Gasteiger partial charge in [-0.05, 0) is 43.3 Å². The molecule has 1 amide bonds. The average Bonchev–Trinajstić information content (AvgIpc) is 3.02. The van der Waals surface area contributed by atoms with Crippen LogP contribution in [0.3, 0.4) is 0 Å². The van der Waals surface area contributed by atoms with E-state index >= 15 is 4.39 Å². The maximum absolute atomic E-state index is 15.1. The number of amides is 1. The molecule has 4 heterocycles. The minimum absolute atomic E-state index is 0.126. The molecule has 1 aromatic heterocycles. The number of nitrogens with one attached hydrogen (secondary N) is 1. The summed E-state index contributed by atoms with van der Waals surface area (Å²) in [7, 11) is 0. The summed E-state index contributed by atoms with van der Waals surface area (Å²) in [5.74, 6) is -0.410. The Hall–Kier alpha value is -4.45. The first-order valence-electron chi connectivity index (χ1n) is 14.9. The van der Waals surface area contributed by atoms with Crippen molar-refractivity contribution in [2.45, 2.75) is 37.8 Å². The molecule has 45 heavy (non-hydrogen) atoms. The number of hydrogen-bond acceptors (Lipinski definition) is 11. The number of rotatable bonds is 8. The highest BCUT2D eigenvalue weighted by Crippen LogP contribution is 2.30. The summed E-state index contributed by atoms with van der Waals surface area (Å²) in [5, 5.41) is 22.2. The highest BCUT2D eigenvalue weighted by molar-refractivity contribution is 5.80. The molecule has 6 rings (SSSR count). The molecule has 0 aliphatic carbocycles. The van der Waals surface area contributed by atoms with Crippen molar-refractivity contribution in [2.24, 2.45) is 0 Å². The van der Waals surface area contributed by atoms with E-state index in [1.165, 1.54) is 30.3 Å². The molecule has 236 valence electrons. The first kappa shape index (κ1) is 30.6. The smallest absolute Gasteiger partial charge is 0.251 e. The summed E-state index contributed by atoms with van der Waals surface area (Å²) in [6.45, 7) is 6.38. The molecule has 3 aliphatic heterocycles. The minimum atomic E-state index is -1.49. The number of hydrogen-bond donors (Lipinski definition) is 2. The van der Waals surface area contributed by atoms with Crippen molar-refractivity contribution in [3.05, 3.63) is 54.1 Å². The van der Waals surface area contributed by atoms with Gasteiger partial charge in [-0.2, -0.15) is 10.2 Å². The van der Waals surface area contributed by atoms with Gasteiger partial charge in [0.25, 0.3) is 5.91 Å². The Kier molecular flexibility index (Phi) is 9.02. The fourth-order valence-corrected chi connectivity index (χ4v) is 5.70. The van der Waals surface area contributed by atoms with Crippen molar-refractivity contribution >= 4 is 23.2 Å². The number of carbonyl (C=O) groups is 1. The molecule has 2 aromatic carbocycles. The first-order chi connectivity index (χ1) is 21.8. The van der Waals surface area contributed by atoms with E-state index in [1.54, 1.807) is 18.2 Å². The second-order valence-electron chi connectivity index (χ2n) is 11.4. The number of nitriles is 1. The van der Waals surface area contributed by atoms with Crippen LogP contribution in [0.2, 0.25) is 0 Å². The van der Waals surface area contributed by atoms with E-state index in [1.807, 2.05) is 6.07 Å². The van der Waals surface area contributed by atoms with Gasteiger partial charge in [0.05, 0.1) is 37.1 Å². The van der Waals surface area contributed by atoms with Crippen LogP contribution in [-0.2, 0) is 9.53 Å². The lowest BCUT2D eigenvalue weighted by Gasteiger charge is -2.43. The topological polar surface area (TPSA) is 140 Å². The van der Waals surface area contributed by atoms with E-state index in [2.05, 4.69) is 36.1 Å². The molecule has 0 bridgehead atoms. The number of aliphatic hydroxyl groups is 1. The van der Waals surface area contributed by atoms with Gasteiger partial charge in [0.15, 0.2) is 12.0 Å². The van der Waals surface area contributed by atoms with Crippen LogP contribution >= 0.6 is 0 Å². The predicted octanol–water partition coefficient (Wildman–Crippen LogP) is 2.51. The van der Waals surface area contributed by atoms with Crippen molar-refractivity contribution < 1.29 is 28.2 Å². The minimum Gasteiger partial charge on any atom is -0.486 e. The largest absolute Gasteiger partial charge is 0.486 e. The maximum Gasteiger partial charge on any atom is 0.251 e. The number of benzene rings is 2. The number of aliphatic hydroxyl groups excluding tert-OH is 1. The summed E-state index contributed by atoms with van der Waals surface area (Å²) < 4.78 is 41.1. The summed E-state index contributed by atoms with van der Waals surface area (Å²) in [4.78, 5) is 30.6. The fourth-order valence-electron chi connectivity index (χ4n) is 5.70. The Bertz CT molecular complexity index is 1580. The molecule has 0 radical (unpaired) electrons. The van der Waals surface area contributed by atoms with Crippen LogP contribution in [0.25, 0.3) is 11.4 Å². The van der Waals surface area contributed by atoms with Gasteiger partial charge in [0.1, 0.15) is 36.2 Å². The normalized spacial score (nSPS) is 21.5. The van der Waals surface area contributed by atoms with Crippen molar-refractivity contribution in [3.8, 4) is 23.2 Å². The Balaban J connectivity index is 1.10. The van der Waals surface area contributed by atoms with E-state index in [9.17, 15) is 19.6 Å². The second-order valence-corrected chi connectivity index (χ2v) is 11.4.